The van der Waals surface area contributed by atoms with Crippen LogP contribution in [0.2, 0.25) is 0 Å². The van der Waals surface area contributed by atoms with Gasteiger partial charge in [0.2, 0.25) is 0 Å². The maximum absolute atomic E-state index is 5.65. The minimum absolute atomic E-state index is 0.714. The summed E-state index contributed by atoms with van der Waals surface area (Å²) in [5.74, 6) is 0.912. The summed E-state index contributed by atoms with van der Waals surface area (Å²) >= 11 is 3.54. The second-order valence-electron chi connectivity index (χ2n) is 4.64. The van der Waals surface area contributed by atoms with Gasteiger partial charge in [0, 0.05) is 23.8 Å². The molecule has 0 bridgehead atoms. The summed E-state index contributed by atoms with van der Waals surface area (Å²) in [6.45, 7) is 1.89. The quantitative estimate of drug-likeness (QED) is 0.900. The van der Waals surface area contributed by atoms with Gasteiger partial charge in [0.25, 0.3) is 0 Å². The van der Waals surface area contributed by atoms with Gasteiger partial charge in [0.15, 0.2) is 0 Å². The van der Waals surface area contributed by atoms with Crippen molar-refractivity contribution in [2.75, 3.05) is 25.0 Å². The molecule has 1 aromatic rings. The van der Waals surface area contributed by atoms with Crippen LogP contribution in [0.1, 0.15) is 18.4 Å². The molecule has 0 amide bonds. The Labute approximate surface area is 106 Å². The Hall–Kier alpha value is -0.540. The van der Waals surface area contributed by atoms with E-state index in [0.717, 1.165) is 16.8 Å². The number of nitrogens with zero attached hydrogens (tertiary/aromatic N) is 1. The van der Waals surface area contributed by atoms with Gasteiger partial charge in [-0.2, -0.15) is 0 Å². The van der Waals surface area contributed by atoms with E-state index in [-0.39, 0.29) is 0 Å². The molecule has 0 radical (unpaired) electrons. The number of anilines is 1. The molecule has 2 rings (SSSR count). The van der Waals surface area contributed by atoms with E-state index >= 15 is 0 Å². The highest BCUT2D eigenvalue weighted by Crippen LogP contribution is 2.32. The van der Waals surface area contributed by atoms with Crippen molar-refractivity contribution in [1.29, 1.82) is 0 Å². The third kappa shape index (κ3) is 2.98. The highest BCUT2D eigenvalue weighted by atomic mass is 79.9. The van der Waals surface area contributed by atoms with Crippen molar-refractivity contribution >= 4 is 21.6 Å². The minimum Gasteiger partial charge on any atom is -0.374 e. The fraction of sp³-hybridized carbons (Fsp3) is 0.538. The van der Waals surface area contributed by atoms with Crippen molar-refractivity contribution in [3.63, 3.8) is 0 Å². The molecule has 0 aromatic heterocycles. The maximum atomic E-state index is 5.65. The van der Waals surface area contributed by atoms with Crippen molar-refractivity contribution in [2.24, 2.45) is 11.7 Å². The predicted molar refractivity (Wildman–Crippen MR) is 72.9 cm³/mol. The molecule has 1 aromatic carbocycles. The fourth-order valence-electron chi connectivity index (χ4n) is 2.05. The fourth-order valence-corrected chi connectivity index (χ4v) is 2.39. The normalized spacial score (nSPS) is 15.2. The van der Waals surface area contributed by atoms with Crippen LogP contribution >= 0.6 is 15.9 Å². The van der Waals surface area contributed by atoms with Crippen molar-refractivity contribution < 1.29 is 0 Å². The maximum Gasteiger partial charge on any atom is 0.0408 e. The zero-order valence-corrected chi connectivity index (χ0v) is 11.3. The molecule has 88 valence electrons. The van der Waals surface area contributed by atoms with E-state index < -0.39 is 0 Å². The van der Waals surface area contributed by atoms with Crippen LogP contribution in [-0.2, 0) is 6.42 Å². The van der Waals surface area contributed by atoms with Crippen LogP contribution in [0.4, 0.5) is 5.69 Å². The first-order chi connectivity index (χ1) is 7.70. The molecule has 0 aliphatic heterocycles. The van der Waals surface area contributed by atoms with E-state index in [1.165, 1.54) is 30.6 Å². The predicted octanol–water partition coefficient (Wildman–Crippen LogP) is 2.80. The van der Waals surface area contributed by atoms with E-state index in [0.29, 0.717) is 6.54 Å². The highest BCUT2D eigenvalue weighted by molar-refractivity contribution is 9.10. The lowest BCUT2D eigenvalue weighted by Gasteiger charge is -2.22. The van der Waals surface area contributed by atoms with Crippen LogP contribution in [-0.4, -0.2) is 20.1 Å². The van der Waals surface area contributed by atoms with Gasteiger partial charge in [-0.15, -0.1) is 0 Å². The van der Waals surface area contributed by atoms with Crippen LogP contribution in [0.5, 0.6) is 0 Å². The zero-order valence-electron chi connectivity index (χ0n) is 9.75. The Morgan fingerprint density at radius 1 is 1.44 bits per heavy atom. The van der Waals surface area contributed by atoms with Crippen molar-refractivity contribution in [2.45, 2.75) is 19.3 Å². The largest absolute Gasteiger partial charge is 0.374 e. The molecule has 2 N–H and O–H groups in total. The molecule has 16 heavy (non-hydrogen) atoms. The topological polar surface area (TPSA) is 29.3 Å². The third-order valence-electron chi connectivity index (χ3n) is 3.10. The smallest absolute Gasteiger partial charge is 0.0408 e. The van der Waals surface area contributed by atoms with Gasteiger partial charge in [-0.1, -0.05) is 22.0 Å². The van der Waals surface area contributed by atoms with Gasteiger partial charge >= 0.3 is 0 Å². The van der Waals surface area contributed by atoms with Crippen molar-refractivity contribution in [3.05, 3.63) is 28.2 Å². The first kappa shape index (κ1) is 11.9. The number of rotatable bonds is 5. The molecular weight excluding hydrogens is 264 g/mol. The summed E-state index contributed by atoms with van der Waals surface area (Å²) in [4.78, 5) is 2.37. The highest BCUT2D eigenvalue weighted by Gasteiger charge is 2.23. The summed E-state index contributed by atoms with van der Waals surface area (Å²) in [6, 6.07) is 6.47. The number of halogens is 1. The molecule has 0 unspecified atom stereocenters. The Bertz CT molecular complexity index is 361. The number of hydrogen-bond acceptors (Lipinski definition) is 2. The van der Waals surface area contributed by atoms with E-state index in [1.807, 2.05) is 0 Å². The average Bonchev–Trinajstić information content (AvgIpc) is 3.05. The standard InChI is InChI=1S/C13H19BrN2/c1-16(9-10-2-3-10)13-8-12(14)5-4-11(13)6-7-15/h4-5,8,10H,2-3,6-7,9,15H2,1H3. The Morgan fingerprint density at radius 2 is 2.19 bits per heavy atom. The van der Waals surface area contributed by atoms with Crippen LogP contribution in [0.15, 0.2) is 22.7 Å². The Morgan fingerprint density at radius 3 is 2.81 bits per heavy atom. The SMILES string of the molecule is CN(CC1CC1)c1cc(Br)ccc1CCN. The molecule has 0 spiro atoms. The molecule has 1 fully saturated rings. The summed E-state index contributed by atoms with van der Waals surface area (Å²) in [7, 11) is 2.18. The van der Waals surface area contributed by atoms with Gasteiger partial charge < -0.3 is 10.6 Å². The van der Waals surface area contributed by atoms with E-state index in [1.54, 1.807) is 0 Å². The summed E-state index contributed by atoms with van der Waals surface area (Å²) in [5.41, 5.74) is 8.33. The van der Waals surface area contributed by atoms with Crippen LogP contribution < -0.4 is 10.6 Å². The molecule has 0 heterocycles. The number of hydrogen-bond donors (Lipinski definition) is 1. The van der Waals surface area contributed by atoms with Gasteiger partial charge in [-0.25, -0.2) is 0 Å². The third-order valence-corrected chi connectivity index (χ3v) is 3.59. The Kier molecular flexibility index (Phi) is 3.87. The lowest BCUT2D eigenvalue weighted by molar-refractivity contribution is 0.781. The zero-order chi connectivity index (χ0) is 11.5. The monoisotopic (exact) mass is 282 g/mol. The minimum atomic E-state index is 0.714. The lowest BCUT2D eigenvalue weighted by Crippen LogP contribution is -2.22. The van der Waals surface area contributed by atoms with Crippen LogP contribution in [0.25, 0.3) is 0 Å². The number of benzene rings is 1. The summed E-state index contributed by atoms with van der Waals surface area (Å²) in [6.07, 6.45) is 3.74. The Balaban J connectivity index is 2.17. The first-order valence-corrected chi connectivity index (χ1v) is 6.69. The van der Waals surface area contributed by atoms with Gasteiger partial charge in [-0.05, 0) is 49.4 Å². The van der Waals surface area contributed by atoms with Crippen LogP contribution in [0.3, 0.4) is 0 Å². The van der Waals surface area contributed by atoms with E-state index in [2.05, 4.69) is 46.1 Å². The molecule has 1 aliphatic carbocycles. The lowest BCUT2D eigenvalue weighted by atomic mass is 10.1. The van der Waals surface area contributed by atoms with E-state index in [4.69, 9.17) is 5.73 Å². The van der Waals surface area contributed by atoms with Gasteiger partial charge in [-0.3, -0.25) is 0 Å². The van der Waals surface area contributed by atoms with Crippen molar-refractivity contribution in [1.82, 2.24) is 0 Å². The summed E-state index contributed by atoms with van der Waals surface area (Å²) in [5, 5.41) is 0. The second-order valence-corrected chi connectivity index (χ2v) is 5.55. The number of nitrogens with two attached hydrogens (primary N) is 1. The average molecular weight is 283 g/mol. The first-order valence-electron chi connectivity index (χ1n) is 5.90. The molecule has 0 saturated heterocycles. The molecule has 1 aliphatic rings. The molecule has 1 saturated carbocycles. The molecule has 3 heteroatoms. The molecular formula is C13H19BrN2. The van der Waals surface area contributed by atoms with Crippen LogP contribution in [0, 0.1) is 5.92 Å². The molecule has 2 nitrogen and oxygen atoms in total. The van der Waals surface area contributed by atoms with E-state index in [9.17, 15) is 0 Å². The molecule has 0 atom stereocenters. The van der Waals surface area contributed by atoms with Gasteiger partial charge in [0.05, 0.1) is 0 Å². The second kappa shape index (κ2) is 5.19. The van der Waals surface area contributed by atoms with Crippen molar-refractivity contribution in [3.8, 4) is 0 Å². The van der Waals surface area contributed by atoms with Gasteiger partial charge in [0.1, 0.15) is 0 Å². The summed E-state index contributed by atoms with van der Waals surface area (Å²) < 4.78 is 1.14.